The molecule has 0 aliphatic carbocycles. The Hall–Kier alpha value is -1.61. The second-order valence-corrected chi connectivity index (χ2v) is 6.46. The number of aromatic nitrogens is 2. The Labute approximate surface area is 121 Å². The van der Waals surface area contributed by atoms with E-state index in [2.05, 4.69) is 57.1 Å². The fraction of sp³-hybridized carbons (Fsp3) is 0.471. The van der Waals surface area contributed by atoms with Crippen LogP contribution >= 0.6 is 0 Å². The van der Waals surface area contributed by atoms with E-state index in [0.717, 1.165) is 17.9 Å². The first-order chi connectivity index (χ1) is 9.32. The van der Waals surface area contributed by atoms with Gasteiger partial charge >= 0.3 is 0 Å². The number of aryl methyl sites for hydroxylation is 2. The topological polar surface area (TPSA) is 43.8 Å². The molecular formula is C17H25N3. The SMILES string of the molecule is Cc1cc(-c2ccc(C(C)(C)C)cc2C)n(CCN)n1. The van der Waals surface area contributed by atoms with Gasteiger partial charge in [-0.05, 0) is 36.5 Å². The lowest BCUT2D eigenvalue weighted by atomic mass is 9.85. The third kappa shape index (κ3) is 2.93. The summed E-state index contributed by atoms with van der Waals surface area (Å²) < 4.78 is 2.01. The normalized spacial score (nSPS) is 11.9. The Morgan fingerprint density at radius 1 is 1.15 bits per heavy atom. The maximum absolute atomic E-state index is 5.68. The van der Waals surface area contributed by atoms with E-state index in [1.807, 2.05) is 11.6 Å². The van der Waals surface area contributed by atoms with Gasteiger partial charge in [0, 0.05) is 12.1 Å². The molecule has 1 aromatic heterocycles. The van der Waals surface area contributed by atoms with Crippen LogP contribution in [0.25, 0.3) is 11.3 Å². The zero-order valence-electron chi connectivity index (χ0n) is 13.2. The molecule has 2 N–H and O–H groups in total. The Bertz CT molecular complexity index is 603. The van der Waals surface area contributed by atoms with Gasteiger partial charge in [-0.15, -0.1) is 0 Å². The summed E-state index contributed by atoms with van der Waals surface area (Å²) in [6.45, 7) is 12.3. The molecular weight excluding hydrogens is 246 g/mol. The van der Waals surface area contributed by atoms with Gasteiger partial charge in [-0.2, -0.15) is 5.10 Å². The van der Waals surface area contributed by atoms with E-state index < -0.39 is 0 Å². The lowest BCUT2D eigenvalue weighted by molar-refractivity contribution is 0.589. The summed E-state index contributed by atoms with van der Waals surface area (Å²) in [5.41, 5.74) is 11.9. The first kappa shape index (κ1) is 14.8. The molecule has 0 aliphatic rings. The van der Waals surface area contributed by atoms with E-state index in [1.54, 1.807) is 0 Å². The molecule has 0 fully saturated rings. The predicted octanol–water partition coefficient (Wildman–Crippen LogP) is 3.42. The number of rotatable bonds is 3. The summed E-state index contributed by atoms with van der Waals surface area (Å²) in [6.07, 6.45) is 0. The van der Waals surface area contributed by atoms with Crippen LogP contribution in [0.4, 0.5) is 0 Å². The van der Waals surface area contributed by atoms with E-state index in [4.69, 9.17) is 5.73 Å². The average molecular weight is 271 g/mol. The summed E-state index contributed by atoms with van der Waals surface area (Å²) in [7, 11) is 0. The van der Waals surface area contributed by atoms with Crippen LogP contribution < -0.4 is 5.73 Å². The summed E-state index contributed by atoms with van der Waals surface area (Å²) >= 11 is 0. The number of benzene rings is 1. The molecule has 1 aromatic carbocycles. The summed E-state index contributed by atoms with van der Waals surface area (Å²) in [5.74, 6) is 0. The standard InChI is InChI=1S/C17H25N3/c1-12-10-14(17(3,4)5)6-7-15(12)16-11-13(2)19-20(16)9-8-18/h6-7,10-11H,8-9,18H2,1-5H3. The molecule has 20 heavy (non-hydrogen) atoms. The molecule has 0 saturated carbocycles. The molecule has 0 atom stereocenters. The fourth-order valence-corrected chi connectivity index (χ4v) is 2.47. The van der Waals surface area contributed by atoms with Gasteiger partial charge in [0.25, 0.3) is 0 Å². The van der Waals surface area contributed by atoms with Crippen molar-refractivity contribution < 1.29 is 0 Å². The zero-order chi connectivity index (χ0) is 14.9. The van der Waals surface area contributed by atoms with Crippen molar-refractivity contribution >= 4 is 0 Å². The molecule has 0 saturated heterocycles. The highest BCUT2D eigenvalue weighted by molar-refractivity contribution is 5.65. The zero-order valence-corrected chi connectivity index (χ0v) is 13.2. The van der Waals surface area contributed by atoms with Gasteiger partial charge in [0.15, 0.2) is 0 Å². The summed E-state index contributed by atoms with van der Waals surface area (Å²) in [4.78, 5) is 0. The number of hydrogen-bond donors (Lipinski definition) is 1. The molecule has 3 nitrogen and oxygen atoms in total. The predicted molar refractivity (Wildman–Crippen MR) is 84.9 cm³/mol. The molecule has 0 aliphatic heterocycles. The van der Waals surface area contributed by atoms with Crippen LogP contribution in [-0.2, 0) is 12.0 Å². The van der Waals surface area contributed by atoms with Gasteiger partial charge in [0.1, 0.15) is 0 Å². The number of nitrogens with two attached hydrogens (primary N) is 1. The van der Waals surface area contributed by atoms with E-state index in [0.29, 0.717) is 6.54 Å². The highest BCUT2D eigenvalue weighted by Gasteiger charge is 2.16. The van der Waals surface area contributed by atoms with Gasteiger partial charge in [0.05, 0.1) is 17.9 Å². The lowest BCUT2D eigenvalue weighted by Gasteiger charge is -2.20. The van der Waals surface area contributed by atoms with Crippen LogP contribution in [-0.4, -0.2) is 16.3 Å². The molecule has 0 unspecified atom stereocenters. The van der Waals surface area contributed by atoms with Gasteiger partial charge in [-0.3, -0.25) is 4.68 Å². The van der Waals surface area contributed by atoms with Crippen molar-refractivity contribution in [1.29, 1.82) is 0 Å². The van der Waals surface area contributed by atoms with Crippen molar-refractivity contribution in [3.8, 4) is 11.3 Å². The van der Waals surface area contributed by atoms with Gasteiger partial charge in [-0.25, -0.2) is 0 Å². The third-order valence-corrected chi connectivity index (χ3v) is 3.61. The highest BCUT2D eigenvalue weighted by Crippen LogP contribution is 2.29. The molecule has 108 valence electrons. The van der Waals surface area contributed by atoms with Crippen LogP contribution in [0.1, 0.15) is 37.6 Å². The maximum Gasteiger partial charge on any atom is 0.0688 e. The van der Waals surface area contributed by atoms with Crippen molar-refractivity contribution in [2.45, 2.75) is 46.6 Å². The molecule has 2 aromatic rings. The van der Waals surface area contributed by atoms with Gasteiger partial charge in [-0.1, -0.05) is 39.0 Å². The van der Waals surface area contributed by atoms with E-state index in [9.17, 15) is 0 Å². The van der Waals surface area contributed by atoms with E-state index in [-0.39, 0.29) is 5.41 Å². The van der Waals surface area contributed by atoms with Crippen LogP contribution in [0.5, 0.6) is 0 Å². The maximum atomic E-state index is 5.68. The molecule has 0 amide bonds. The Morgan fingerprint density at radius 2 is 1.85 bits per heavy atom. The minimum atomic E-state index is 0.177. The Balaban J connectivity index is 2.48. The number of nitrogens with zero attached hydrogens (tertiary/aromatic N) is 2. The fourth-order valence-electron chi connectivity index (χ4n) is 2.47. The second-order valence-electron chi connectivity index (χ2n) is 6.46. The van der Waals surface area contributed by atoms with Crippen LogP contribution in [0.15, 0.2) is 24.3 Å². The second kappa shape index (κ2) is 5.41. The summed E-state index contributed by atoms with van der Waals surface area (Å²) in [6, 6.07) is 8.84. The largest absolute Gasteiger partial charge is 0.329 e. The first-order valence-corrected chi connectivity index (χ1v) is 7.19. The van der Waals surface area contributed by atoms with E-state index >= 15 is 0 Å². The number of hydrogen-bond acceptors (Lipinski definition) is 2. The molecule has 0 spiro atoms. The highest BCUT2D eigenvalue weighted by atomic mass is 15.3. The van der Waals surface area contributed by atoms with E-state index in [1.165, 1.54) is 16.7 Å². The van der Waals surface area contributed by atoms with Crippen LogP contribution in [0.2, 0.25) is 0 Å². The molecule has 0 bridgehead atoms. The molecule has 0 radical (unpaired) electrons. The van der Waals surface area contributed by atoms with Gasteiger partial charge in [0.2, 0.25) is 0 Å². The van der Waals surface area contributed by atoms with Crippen molar-refractivity contribution in [2.75, 3.05) is 6.54 Å². The summed E-state index contributed by atoms with van der Waals surface area (Å²) in [5, 5.41) is 4.53. The Morgan fingerprint density at radius 3 is 2.40 bits per heavy atom. The molecule has 2 rings (SSSR count). The third-order valence-electron chi connectivity index (χ3n) is 3.61. The van der Waals surface area contributed by atoms with Crippen molar-refractivity contribution in [3.63, 3.8) is 0 Å². The minimum absolute atomic E-state index is 0.177. The monoisotopic (exact) mass is 271 g/mol. The lowest BCUT2D eigenvalue weighted by Crippen LogP contribution is -2.13. The van der Waals surface area contributed by atoms with Crippen molar-refractivity contribution in [3.05, 3.63) is 41.1 Å². The van der Waals surface area contributed by atoms with Crippen LogP contribution in [0.3, 0.4) is 0 Å². The average Bonchev–Trinajstić information content (AvgIpc) is 2.69. The van der Waals surface area contributed by atoms with Crippen molar-refractivity contribution in [2.24, 2.45) is 5.73 Å². The minimum Gasteiger partial charge on any atom is -0.329 e. The van der Waals surface area contributed by atoms with Gasteiger partial charge < -0.3 is 5.73 Å². The van der Waals surface area contributed by atoms with Crippen molar-refractivity contribution in [1.82, 2.24) is 9.78 Å². The Kier molecular flexibility index (Phi) is 4.00. The molecule has 1 heterocycles. The molecule has 3 heteroatoms. The smallest absolute Gasteiger partial charge is 0.0688 e. The quantitative estimate of drug-likeness (QED) is 0.929. The first-order valence-electron chi connectivity index (χ1n) is 7.19. The van der Waals surface area contributed by atoms with Crippen LogP contribution in [0, 0.1) is 13.8 Å².